The van der Waals surface area contributed by atoms with Gasteiger partial charge in [0.15, 0.2) is 5.96 Å². The van der Waals surface area contributed by atoms with Gasteiger partial charge in [-0.15, -0.1) is 0 Å². The number of benzene rings is 1. The molecule has 162 valence electrons. The molecule has 0 aliphatic heterocycles. The number of ether oxygens (including phenoxy) is 1. The monoisotopic (exact) mass is 419 g/mol. The average Bonchev–Trinajstić information content (AvgIpc) is 3.26. The Labute approximate surface area is 178 Å². The Balaban J connectivity index is 1.65. The van der Waals surface area contributed by atoms with Crippen LogP contribution in [0.5, 0.6) is 5.75 Å². The standard InChI is InChI=1S/C23H37N3O2S/c1-4-29(27)19-11-9-10-18(16-19)26-22(24-2)25-17-23(14-7-8-15-23)20-12-5-6-13-21(20)28-3/h5-6,12-13,18-19H,4,7-11,14-17H2,1-3H3,(H2,24,25,26). The highest BCUT2D eigenvalue weighted by Gasteiger charge is 2.38. The summed E-state index contributed by atoms with van der Waals surface area (Å²) >= 11 is 0. The highest BCUT2D eigenvalue weighted by molar-refractivity contribution is 7.85. The number of nitrogens with zero attached hydrogens (tertiary/aromatic N) is 1. The van der Waals surface area contributed by atoms with Crippen molar-refractivity contribution in [1.82, 2.24) is 10.6 Å². The van der Waals surface area contributed by atoms with Crippen molar-refractivity contribution in [1.29, 1.82) is 0 Å². The molecule has 29 heavy (non-hydrogen) atoms. The van der Waals surface area contributed by atoms with Gasteiger partial charge in [-0.3, -0.25) is 9.20 Å². The molecule has 0 saturated heterocycles. The molecule has 1 aromatic carbocycles. The molecule has 5 nitrogen and oxygen atoms in total. The summed E-state index contributed by atoms with van der Waals surface area (Å²) in [5, 5.41) is 7.54. The lowest BCUT2D eigenvalue weighted by Crippen LogP contribution is -2.49. The Morgan fingerprint density at radius 2 is 2.00 bits per heavy atom. The van der Waals surface area contributed by atoms with E-state index in [0.29, 0.717) is 11.3 Å². The second-order valence-electron chi connectivity index (χ2n) is 8.41. The Morgan fingerprint density at radius 1 is 1.24 bits per heavy atom. The summed E-state index contributed by atoms with van der Waals surface area (Å²) in [6, 6.07) is 8.78. The molecule has 6 heteroatoms. The van der Waals surface area contributed by atoms with E-state index in [1.54, 1.807) is 7.11 Å². The smallest absolute Gasteiger partial charge is 0.191 e. The Morgan fingerprint density at radius 3 is 2.69 bits per heavy atom. The van der Waals surface area contributed by atoms with E-state index >= 15 is 0 Å². The fourth-order valence-corrected chi connectivity index (χ4v) is 6.42. The fourth-order valence-electron chi connectivity index (χ4n) is 5.07. The van der Waals surface area contributed by atoms with Crippen LogP contribution in [0.25, 0.3) is 0 Å². The maximum Gasteiger partial charge on any atom is 0.191 e. The number of hydrogen-bond acceptors (Lipinski definition) is 3. The van der Waals surface area contributed by atoms with Crippen LogP contribution in [0, 0.1) is 0 Å². The highest BCUT2D eigenvalue weighted by Crippen LogP contribution is 2.44. The Kier molecular flexibility index (Phi) is 7.99. The molecule has 3 unspecified atom stereocenters. The lowest BCUT2D eigenvalue weighted by atomic mass is 9.78. The number of methoxy groups -OCH3 is 1. The molecule has 0 bridgehead atoms. The molecule has 0 radical (unpaired) electrons. The number of para-hydroxylation sites is 1. The first-order valence-corrected chi connectivity index (χ1v) is 12.5. The maximum absolute atomic E-state index is 12.3. The number of aliphatic imine (C=N–C) groups is 1. The van der Waals surface area contributed by atoms with Crippen molar-refractivity contribution in [2.45, 2.75) is 75.0 Å². The van der Waals surface area contributed by atoms with E-state index in [2.05, 4.69) is 33.8 Å². The molecule has 0 heterocycles. The van der Waals surface area contributed by atoms with E-state index in [1.165, 1.54) is 31.2 Å². The molecule has 3 rings (SSSR count). The van der Waals surface area contributed by atoms with Gasteiger partial charge < -0.3 is 15.4 Å². The molecule has 2 fully saturated rings. The third kappa shape index (κ3) is 5.33. The molecule has 2 aliphatic carbocycles. The number of hydrogen-bond donors (Lipinski definition) is 2. The lowest BCUT2D eigenvalue weighted by Gasteiger charge is -2.34. The van der Waals surface area contributed by atoms with Crippen LogP contribution in [0.4, 0.5) is 0 Å². The number of guanidine groups is 1. The molecule has 1 aromatic rings. The molecule has 2 N–H and O–H groups in total. The van der Waals surface area contributed by atoms with E-state index in [0.717, 1.165) is 49.7 Å². The van der Waals surface area contributed by atoms with Gasteiger partial charge in [-0.25, -0.2) is 0 Å². The van der Waals surface area contributed by atoms with Crippen molar-refractivity contribution in [2.75, 3.05) is 26.5 Å². The lowest BCUT2D eigenvalue weighted by molar-refractivity contribution is 0.369. The number of nitrogens with one attached hydrogen (secondary N) is 2. The molecule has 2 saturated carbocycles. The van der Waals surface area contributed by atoms with Gasteiger partial charge in [0.25, 0.3) is 0 Å². The zero-order valence-electron chi connectivity index (χ0n) is 18.2. The van der Waals surface area contributed by atoms with Crippen LogP contribution in [0.2, 0.25) is 0 Å². The number of rotatable bonds is 7. The van der Waals surface area contributed by atoms with Gasteiger partial charge in [-0.05, 0) is 38.2 Å². The fraction of sp³-hybridized carbons (Fsp3) is 0.696. The summed E-state index contributed by atoms with van der Waals surface area (Å²) in [6.07, 6.45) is 9.14. The highest BCUT2D eigenvalue weighted by atomic mass is 32.2. The first-order chi connectivity index (χ1) is 14.1. The van der Waals surface area contributed by atoms with Gasteiger partial charge in [0.2, 0.25) is 0 Å². The zero-order chi connectivity index (χ0) is 20.7. The largest absolute Gasteiger partial charge is 0.496 e. The normalized spacial score (nSPS) is 25.4. The van der Waals surface area contributed by atoms with E-state index in [-0.39, 0.29) is 5.41 Å². The van der Waals surface area contributed by atoms with E-state index in [1.807, 2.05) is 20.0 Å². The van der Waals surface area contributed by atoms with Crippen molar-refractivity contribution in [2.24, 2.45) is 4.99 Å². The van der Waals surface area contributed by atoms with Gasteiger partial charge in [-0.2, -0.15) is 0 Å². The van der Waals surface area contributed by atoms with Crippen molar-refractivity contribution < 1.29 is 8.95 Å². The minimum absolute atomic E-state index is 0.0863. The van der Waals surface area contributed by atoms with Gasteiger partial charge in [0.05, 0.1) is 7.11 Å². The molecular weight excluding hydrogens is 382 g/mol. The maximum atomic E-state index is 12.3. The first-order valence-electron chi connectivity index (χ1n) is 11.1. The van der Waals surface area contributed by atoms with Gasteiger partial charge in [0.1, 0.15) is 5.75 Å². The second-order valence-corrected chi connectivity index (χ2v) is 10.4. The van der Waals surface area contributed by atoms with E-state index < -0.39 is 10.8 Å². The third-order valence-electron chi connectivity index (χ3n) is 6.68. The van der Waals surface area contributed by atoms with Crippen LogP contribution in [-0.2, 0) is 16.2 Å². The summed E-state index contributed by atoms with van der Waals surface area (Å²) in [6.45, 7) is 2.87. The van der Waals surface area contributed by atoms with Crippen LogP contribution >= 0.6 is 0 Å². The van der Waals surface area contributed by atoms with Gasteiger partial charge in [0, 0.05) is 52.4 Å². The van der Waals surface area contributed by atoms with Crippen molar-refractivity contribution in [3.8, 4) is 5.75 Å². The first kappa shape index (κ1) is 22.1. The van der Waals surface area contributed by atoms with E-state index in [9.17, 15) is 4.21 Å². The summed E-state index contributed by atoms with van der Waals surface area (Å²) in [7, 11) is 2.89. The molecule has 0 amide bonds. The summed E-state index contributed by atoms with van der Waals surface area (Å²) in [5.74, 6) is 2.60. The predicted octanol–water partition coefficient (Wildman–Crippen LogP) is 3.75. The minimum Gasteiger partial charge on any atom is -0.496 e. The van der Waals surface area contributed by atoms with Crippen LogP contribution in [0.1, 0.15) is 63.9 Å². The van der Waals surface area contributed by atoms with Crippen LogP contribution in [0.15, 0.2) is 29.3 Å². The molecule has 0 spiro atoms. The van der Waals surface area contributed by atoms with Crippen LogP contribution < -0.4 is 15.4 Å². The topological polar surface area (TPSA) is 62.7 Å². The third-order valence-corrected chi connectivity index (χ3v) is 8.42. The van der Waals surface area contributed by atoms with Gasteiger partial charge in [-0.1, -0.05) is 44.4 Å². The zero-order valence-corrected chi connectivity index (χ0v) is 19.0. The quantitative estimate of drug-likeness (QED) is 0.522. The van der Waals surface area contributed by atoms with Crippen LogP contribution in [-0.4, -0.2) is 47.9 Å². The predicted molar refractivity (Wildman–Crippen MR) is 122 cm³/mol. The Bertz CT molecular complexity index is 716. The van der Waals surface area contributed by atoms with Crippen molar-refractivity contribution in [3.63, 3.8) is 0 Å². The van der Waals surface area contributed by atoms with E-state index in [4.69, 9.17) is 4.74 Å². The second kappa shape index (κ2) is 10.5. The van der Waals surface area contributed by atoms with Crippen molar-refractivity contribution >= 4 is 16.8 Å². The summed E-state index contributed by atoms with van der Waals surface area (Å²) in [5.41, 5.74) is 1.39. The van der Waals surface area contributed by atoms with Gasteiger partial charge >= 0.3 is 0 Å². The molecule has 2 aliphatic rings. The SMILES string of the molecule is CCS(=O)C1CCCC(NC(=NC)NCC2(c3ccccc3OC)CCCC2)C1. The van der Waals surface area contributed by atoms with Crippen molar-refractivity contribution in [3.05, 3.63) is 29.8 Å². The molecule has 0 aromatic heterocycles. The van der Waals surface area contributed by atoms with Crippen LogP contribution in [0.3, 0.4) is 0 Å². The average molecular weight is 420 g/mol. The summed E-state index contributed by atoms with van der Waals surface area (Å²) < 4.78 is 17.9. The molecule has 3 atom stereocenters. The minimum atomic E-state index is -0.706. The molecular formula is C23H37N3O2S. The summed E-state index contributed by atoms with van der Waals surface area (Å²) in [4.78, 5) is 4.49. The Hall–Kier alpha value is -1.56.